The minimum absolute atomic E-state index is 0.205. The number of hydrogen-bond acceptors (Lipinski definition) is 3. The van der Waals surface area contributed by atoms with E-state index in [2.05, 4.69) is 34.3 Å². The summed E-state index contributed by atoms with van der Waals surface area (Å²) in [5, 5.41) is 9.20. The lowest BCUT2D eigenvalue weighted by molar-refractivity contribution is 0.0942. The SMILES string of the molecule is Cc1nc(C(=O)NCCCC(C)C)n[nH]1. The highest BCUT2D eigenvalue weighted by atomic mass is 16.2. The lowest BCUT2D eigenvalue weighted by Gasteiger charge is -2.04. The highest BCUT2D eigenvalue weighted by Crippen LogP contribution is 2.01. The Morgan fingerprint density at radius 3 is 2.80 bits per heavy atom. The van der Waals surface area contributed by atoms with Gasteiger partial charge in [0.05, 0.1) is 0 Å². The van der Waals surface area contributed by atoms with Gasteiger partial charge >= 0.3 is 0 Å². The Balaban J connectivity index is 2.25. The standard InChI is InChI=1S/C10H18N4O/c1-7(2)5-4-6-11-10(15)9-12-8(3)13-14-9/h7H,4-6H2,1-3H3,(H,11,15)(H,12,13,14). The topological polar surface area (TPSA) is 70.7 Å². The second-order valence-electron chi connectivity index (χ2n) is 4.04. The van der Waals surface area contributed by atoms with Gasteiger partial charge < -0.3 is 5.32 Å². The van der Waals surface area contributed by atoms with E-state index < -0.39 is 0 Å². The van der Waals surface area contributed by atoms with Crippen LogP contribution in [0.15, 0.2) is 0 Å². The molecule has 0 aliphatic rings. The third-order valence-corrected chi connectivity index (χ3v) is 2.04. The zero-order valence-electron chi connectivity index (χ0n) is 9.50. The molecule has 1 aromatic heterocycles. The van der Waals surface area contributed by atoms with E-state index in [-0.39, 0.29) is 11.7 Å². The normalized spacial score (nSPS) is 10.7. The number of H-pyrrole nitrogens is 1. The number of amides is 1. The average Bonchev–Trinajstić information content (AvgIpc) is 2.59. The van der Waals surface area contributed by atoms with Crippen molar-refractivity contribution in [1.82, 2.24) is 20.5 Å². The number of carbonyl (C=O) groups is 1. The van der Waals surface area contributed by atoms with Gasteiger partial charge in [-0.25, -0.2) is 4.98 Å². The minimum Gasteiger partial charge on any atom is -0.349 e. The van der Waals surface area contributed by atoms with Gasteiger partial charge in [0.15, 0.2) is 0 Å². The van der Waals surface area contributed by atoms with Gasteiger partial charge in [-0.3, -0.25) is 9.89 Å². The van der Waals surface area contributed by atoms with E-state index >= 15 is 0 Å². The Kier molecular flexibility index (Phi) is 4.27. The maximum atomic E-state index is 11.4. The number of aromatic nitrogens is 3. The highest BCUT2D eigenvalue weighted by molar-refractivity contribution is 5.90. The van der Waals surface area contributed by atoms with E-state index in [1.165, 1.54) is 0 Å². The predicted molar refractivity (Wildman–Crippen MR) is 57.5 cm³/mol. The second kappa shape index (κ2) is 5.48. The van der Waals surface area contributed by atoms with Crippen LogP contribution in [0.3, 0.4) is 0 Å². The summed E-state index contributed by atoms with van der Waals surface area (Å²) in [6.07, 6.45) is 2.11. The molecule has 15 heavy (non-hydrogen) atoms. The summed E-state index contributed by atoms with van der Waals surface area (Å²) in [5.41, 5.74) is 0. The zero-order valence-corrected chi connectivity index (χ0v) is 9.50. The number of nitrogens with zero attached hydrogens (tertiary/aromatic N) is 2. The van der Waals surface area contributed by atoms with Crippen molar-refractivity contribution >= 4 is 5.91 Å². The van der Waals surface area contributed by atoms with Crippen molar-refractivity contribution in [3.8, 4) is 0 Å². The van der Waals surface area contributed by atoms with E-state index in [9.17, 15) is 4.79 Å². The summed E-state index contributed by atoms with van der Waals surface area (Å²) in [4.78, 5) is 15.4. The molecular weight excluding hydrogens is 192 g/mol. The summed E-state index contributed by atoms with van der Waals surface area (Å²) < 4.78 is 0. The average molecular weight is 210 g/mol. The van der Waals surface area contributed by atoms with Crippen molar-refractivity contribution in [3.05, 3.63) is 11.6 Å². The number of aromatic amines is 1. The molecule has 1 rings (SSSR count). The largest absolute Gasteiger partial charge is 0.349 e. The van der Waals surface area contributed by atoms with Gasteiger partial charge in [-0.05, 0) is 25.7 Å². The second-order valence-corrected chi connectivity index (χ2v) is 4.04. The van der Waals surface area contributed by atoms with Gasteiger partial charge in [0.2, 0.25) is 5.82 Å². The minimum atomic E-state index is -0.205. The molecule has 0 unspecified atom stereocenters. The van der Waals surface area contributed by atoms with Crippen molar-refractivity contribution in [2.24, 2.45) is 5.92 Å². The fourth-order valence-electron chi connectivity index (χ4n) is 1.24. The predicted octanol–water partition coefficient (Wildman–Crippen LogP) is 1.28. The Hall–Kier alpha value is -1.39. The number of carbonyl (C=O) groups excluding carboxylic acids is 1. The molecule has 0 radical (unpaired) electrons. The molecule has 0 aliphatic carbocycles. The summed E-state index contributed by atoms with van der Waals surface area (Å²) in [6.45, 7) is 6.79. The molecule has 0 aromatic carbocycles. The van der Waals surface area contributed by atoms with E-state index in [4.69, 9.17) is 0 Å². The van der Waals surface area contributed by atoms with Crippen molar-refractivity contribution in [2.45, 2.75) is 33.6 Å². The number of nitrogens with one attached hydrogen (secondary N) is 2. The summed E-state index contributed by atoms with van der Waals surface area (Å²) in [7, 11) is 0. The van der Waals surface area contributed by atoms with Crippen LogP contribution in [0.2, 0.25) is 0 Å². The lowest BCUT2D eigenvalue weighted by atomic mass is 10.1. The molecule has 0 aliphatic heterocycles. The van der Waals surface area contributed by atoms with E-state index in [1.54, 1.807) is 6.92 Å². The van der Waals surface area contributed by atoms with Crippen LogP contribution in [-0.4, -0.2) is 27.6 Å². The first-order valence-electron chi connectivity index (χ1n) is 5.27. The Bertz CT molecular complexity index is 319. The molecule has 0 spiro atoms. The zero-order chi connectivity index (χ0) is 11.3. The maximum Gasteiger partial charge on any atom is 0.290 e. The maximum absolute atomic E-state index is 11.4. The molecule has 1 amide bonds. The van der Waals surface area contributed by atoms with Crippen molar-refractivity contribution in [3.63, 3.8) is 0 Å². The molecule has 0 atom stereocenters. The van der Waals surface area contributed by atoms with Crippen molar-refractivity contribution < 1.29 is 4.79 Å². The lowest BCUT2D eigenvalue weighted by Crippen LogP contribution is -2.25. The van der Waals surface area contributed by atoms with Crippen LogP contribution >= 0.6 is 0 Å². The van der Waals surface area contributed by atoms with E-state index in [0.717, 1.165) is 12.8 Å². The monoisotopic (exact) mass is 210 g/mol. The number of aryl methyl sites for hydroxylation is 1. The Morgan fingerprint density at radius 1 is 1.53 bits per heavy atom. The van der Waals surface area contributed by atoms with Crippen LogP contribution in [0.25, 0.3) is 0 Å². The molecule has 0 saturated heterocycles. The molecule has 0 bridgehead atoms. The van der Waals surface area contributed by atoms with Crippen LogP contribution < -0.4 is 5.32 Å². The van der Waals surface area contributed by atoms with E-state index in [1.807, 2.05) is 0 Å². The van der Waals surface area contributed by atoms with Gasteiger partial charge in [-0.15, -0.1) is 5.10 Å². The molecule has 0 fully saturated rings. The molecular formula is C10H18N4O. The molecule has 2 N–H and O–H groups in total. The Labute approximate surface area is 89.7 Å². The van der Waals surface area contributed by atoms with Crippen LogP contribution in [0, 0.1) is 12.8 Å². The van der Waals surface area contributed by atoms with Gasteiger partial charge in [0.1, 0.15) is 5.82 Å². The first-order valence-corrected chi connectivity index (χ1v) is 5.27. The molecule has 1 heterocycles. The third kappa shape index (κ3) is 4.10. The quantitative estimate of drug-likeness (QED) is 0.719. The van der Waals surface area contributed by atoms with Gasteiger partial charge in [-0.1, -0.05) is 13.8 Å². The molecule has 1 aromatic rings. The van der Waals surface area contributed by atoms with Gasteiger partial charge in [0.25, 0.3) is 5.91 Å². The molecule has 5 heteroatoms. The van der Waals surface area contributed by atoms with Crippen LogP contribution in [0.5, 0.6) is 0 Å². The summed E-state index contributed by atoms with van der Waals surface area (Å²) >= 11 is 0. The van der Waals surface area contributed by atoms with Gasteiger partial charge in [0, 0.05) is 6.54 Å². The summed E-state index contributed by atoms with van der Waals surface area (Å²) in [6, 6.07) is 0. The van der Waals surface area contributed by atoms with Crippen LogP contribution in [-0.2, 0) is 0 Å². The molecule has 84 valence electrons. The van der Waals surface area contributed by atoms with Gasteiger partial charge in [-0.2, -0.15) is 0 Å². The highest BCUT2D eigenvalue weighted by Gasteiger charge is 2.09. The van der Waals surface area contributed by atoms with Crippen molar-refractivity contribution in [2.75, 3.05) is 6.54 Å². The molecule has 5 nitrogen and oxygen atoms in total. The number of hydrogen-bond donors (Lipinski definition) is 2. The first-order chi connectivity index (χ1) is 7.09. The third-order valence-electron chi connectivity index (χ3n) is 2.04. The van der Waals surface area contributed by atoms with Crippen LogP contribution in [0.1, 0.15) is 43.1 Å². The fourth-order valence-corrected chi connectivity index (χ4v) is 1.24. The summed E-state index contributed by atoms with van der Waals surface area (Å²) in [5.74, 6) is 1.34. The fraction of sp³-hybridized carbons (Fsp3) is 0.700. The first kappa shape index (κ1) is 11.7. The number of rotatable bonds is 5. The van der Waals surface area contributed by atoms with E-state index in [0.29, 0.717) is 18.3 Å². The molecule has 0 saturated carbocycles. The van der Waals surface area contributed by atoms with Crippen LogP contribution in [0.4, 0.5) is 0 Å². The Morgan fingerprint density at radius 2 is 2.27 bits per heavy atom. The smallest absolute Gasteiger partial charge is 0.290 e. The van der Waals surface area contributed by atoms with Crippen molar-refractivity contribution in [1.29, 1.82) is 0 Å².